The minimum Gasteiger partial charge on any atom is -0.488 e. The number of urea groups is 1. The van der Waals surface area contributed by atoms with Gasteiger partial charge in [-0.2, -0.15) is 0 Å². The van der Waals surface area contributed by atoms with Gasteiger partial charge in [-0.1, -0.05) is 54.1 Å². The highest BCUT2D eigenvalue weighted by Gasteiger charge is 2.18. The van der Waals surface area contributed by atoms with Gasteiger partial charge in [0, 0.05) is 35.9 Å². The van der Waals surface area contributed by atoms with Crippen molar-refractivity contribution in [3.05, 3.63) is 94.5 Å². The van der Waals surface area contributed by atoms with Crippen LogP contribution in [0.25, 0.3) is 0 Å². The first-order chi connectivity index (χ1) is 16.1. The molecule has 4 rings (SSSR count). The van der Waals surface area contributed by atoms with Crippen LogP contribution in [0, 0.1) is 0 Å². The number of hydrogen-bond donors (Lipinski definition) is 2. The number of rotatable bonds is 7. The molecule has 2 N–H and O–H groups in total. The molecular formula is C26H26ClN3O3. The lowest BCUT2D eigenvalue weighted by Crippen LogP contribution is -2.32. The van der Waals surface area contributed by atoms with Crippen LogP contribution in [0.4, 0.5) is 10.5 Å². The van der Waals surface area contributed by atoms with Crippen molar-refractivity contribution in [1.29, 1.82) is 0 Å². The Kier molecular flexibility index (Phi) is 7.47. The normalized spacial score (nSPS) is 12.9. The molecule has 1 fully saturated rings. The lowest BCUT2D eigenvalue weighted by Gasteiger charge is -2.16. The maximum Gasteiger partial charge on any atom is 0.321 e. The second-order valence-electron chi connectivity index (χ2n) is 7.88. The van der Waals surface area contributed by atoms with Gasteiger partial charge in [0.25, 0.3) is 5.91 Å². The number of carbonyl (C=O) groups is 2. The van der Waals surface area contributed by atoms with Crippen molar-refractivity contribution < 1.29 is 14.3 Å². The fraction of sp³-hybridized carbons (Fsp3) is 0.231. The monoisotopic (exact) mass is 463 g/mol. The molecule has 0 radical (unpaired) electrons. The largest absolute Gasteiger partial charge is 0.488 e. The summed E-state index contributed by atoms with van der Waals surface area (Å²) in [5, 5.41) is 6.49. The first-order valence-corrected chi connectivity index (χ1v) is 11.4. The molecule has 3 amide bonds. The highest BCUT2D eigenvalue weighted by atomic mass is 35.5. The number of nitrogens with zero attached hydrogens (tertiary/aromatic N) is 1. The molecule has 3 aromatic carbocycles. The highest BCUT2D eigenvalue weighted by molar-refractivity contribution is 6.31. The van der Waals surface area contributed by atoms with Gasteiger partial charge >= 0.3 is 6.03 Å². The fourth-order valence-corrected chi connectivity index (χ4v) is 3.90. The van der Waals surface area contributed by atoms with Gasteiger partial charge in [0.1, 0.15) is 12.4 Å². The van der Waals surface area contributed by atoms with E-state index < -0.39 is 0 Å². The molecule has 33 heavy (non-hydrogen) atoms. The van der Waals surface area contributed by atoms with E-state index in [1.54, 1.807) is 24.3 Å². The number of amides is 3. The van der Waals surface area contributed by atoms with Crippen LogP contribution in [0.3, 0.4) is 0 Å². The van der Waals surface area contributed by atoms with Crippen molar-refractivity contribution in [2.75, 3.05) is 18.4 Å². The third kappa shape index (κ3) is 6.05. The Morgan fingerprint density at radius 2 is 1.70 bits per heavy atom. The molecule has 0 unspecified atom stereocenters. The van der Waals surface area contributed by atoms with E-state index in [4.69, 9.17) is 16.3 Å². The van der Waals surface area contributed by atoms with Gasteiger partial charge in [-0.15, -0.1) is 0 Å². The average molecular weight is 464 g/mol. The number of benzene rings is 3. The SMILES string of the molecule is O=C(NCc1cccc(NC(=O)N2CCCC2)c1)c1ccccc1OCc1ccccc1Cl. The summed E-state index contributed by atoms with van der Waals surface area (Å²) < 4.78 is 5.89. The number of hydrogen-bond acceptors (Lipinski definition) is 3. The Bertz CT molecular complexity index is 1130. The van der Waals surface area contributed by atoms with Crippen molar-refractivity contribution in [2.45, 2.75) is 26.0 Å². The highest BCUT2D eigenvalue weighted by Crippen LogP contribution is 2.22. The number of nitrogens with one attached hydrogen (secondary N) is 2. The molecule has 3 aromatic rings. The Labute approximate surface area is 198 Å². The van der Waals surface area contributed by atoms with E-state index in [1.807, 2.05) is 53.4 Å². The molecule has 7 heteroatoms. The summed E-state index contributed by atoms with van der Waals surface area (Å²) in [7, 11) is 0. The Hall–Kier alpha value is -3.51. The van der Waals surface area contributed by atoms with Gasteiger partial charge in [-0.3, -0.25) is 4.79 Å². The first-order valence-electron chi connectivity index (χ1n) is 11.0. The van der Waals surface area contributed by atoms with Crippen molar-refractivity contribution in [3.63, 3.8) is 0 Å². The fourth-order valence-electron chi connectivity index (χ4n) is 3.71. The van der Waals surface area contributed by atoms with Crippen molar-refractivity contribution in [3.8, 4) is 5.75 Å². The van der Waals surface area contributed by atoms with Gasteiger partial charge in [-0.25, -0.2) is 4.79 Å². The number of halogens is 1. The van der Waals surface area contributed by atoms with E-state index in [-0.39, 0.29) is 18.5 Å². The molecular weight excluding hydrogens is 438 g/mol. The van der Waals surface area contributed by atoms with Crippen molar-refractivity contribution in [1.82, 2.24) is 10.2 Å². The smallest absolute Gasteiger partial charge is 0.321 e. The summed E-state index contributed by atoms with van der Waals surface area (Å²) in [6.07, 6.45) is 2.09. The van der Waals surface area contributed by atoms with Crippen LogP contribution in [0.2, 0.25) is 5.02 Å². The molecule has 1 heterocycles. The third-order valence-corrected chi connectivity index (χ3v) is 5.87. The molecule has 0 aromatic heterocycles. The summed E-state index contributed by atoms with van der Waals surface area (Å²) in [6, 6.07) is 22.0. The molecule has 1 aliphatic heterocycles. The van der Waals surface area contributed by atoms with Gasteiger partial charge in [0.05, 0.1) is 5.56 Å². The van der Waals surface area contributed by atoms with Crippen LogP contribution in [-0.2, 0) is 13.2 Å². The van der Waals surface area contributed by atoms with E-state index in [0.29, 0.717) is 28.6 Å². The molecule has 1 aliphatic rings. The quantitative estimate of drug-likeness (QED) is 0.487. The standard InChI is InChI=1S/C26H26ClN3O3/c27-23-12-3-1-9-20(23)18-33-24-13-4-2-11-22(24)25(31)28-17-19-8-7-10-21(16-19)29-26(32)30-14-5-6-15-30/h1-4,7-13,16H,5-6,14-15,17-18H2,(H,28,31)(H,29,32). The Morgan fingerprint density at radius 1 is 0.939 bits per heavy atom. The maximum absolute atomic E-state index is 12.9. The van der Waals surface area contributed by atoms with E-state index in [0.717, 1.165) is 37.1 Å². The van der Waals surface area contributed by atoms with Crippen LogP contribution < -0.4 is 15.4 Å². The summed E-state index contributed by atoms with van der Waals surface area (Å²) in [5.41, 5.74) is 2.89. The number of likely N-dealkylation sites (tertiary alicyclic amines) is 1. The summed E-state index contributed by atoms with van der Waals surface area (Å²) in [4.78, 5) is 27.0. The zero-order valence-electron chi connectivity index (χ0n) is 18.2. The van der Waals surface area contributed by atoms with Gasteiger partial charge in [-0.05, 0) is 48.7 Å². The van der Waals surface area contributed by atoms with Gasteiger partial charge in [0.2, 0.25) is 0 Å². The number of ether oxygens (including phenoxy) is 1. The topological polar surface area (TPSA) is 70.7 Å². The summed E-state index contributed by atoms with van der Waals surface area (Å²) >= 11 is 6.20. The predicted molar refractivity (Wildman–Crippen MR) is 130 cm³/mol. The maximum atomic E-state index is 12.9. The number of para-hydroxylation sites is 1. The molecule has 0 bridgehead atoms. The minimum atomic E-state index is -0.240. The van der Waals surface area contributed by atoms with Gasteiger partial charge in [0.15, 0.2) is 0 Å². The molecule has 170 valence electrons. The molecule has 1 saturated heterocycles. The van der Waals surface area contributed by atoms with E-state index in [9.17, 15) is 9.59 Å². The average Bonchev–Trinajstić information content (AvgIpc) is 3.38. The van der Waals surface area contributed by atoms with Crippen LogP contribution in [-0.4, -0.2) is 29.9 Å². The zero-order chi connectivity index (χ0) is 23.0. The molecule has 0 saturated carbocycles. The summed E-state index contributed by atoms with van der Waals surface area (Å²) in [6.45, 7) is 2.17. The number of anilines is 1. The third-order valence-electron chi connectivity index (χ3n) is 5.50. The van der Waals surface area contributed by atoms with E-state index in [2.05, 4.69) is 10.6 Å². The Balaban J connectivity index is 1.36. The lowest BCUT2D eigenvalue weighted by atomic mass is 10.1. The minimum absolute atomic E-state index is 0.0849. The van der Waals surface area contributed by atoms with Crippen molar-refractivity contribution >= 4 is 29.2 Å². The molecule has 0 atom stereocenters. The second-order valence-corrected chi connectivity index (χ2v) is 8.29. The van der Waals surface area contributed by atoms with Crippen LogP contribution in [0.15, 0.2) is 72.8 Å². The summed E-state index contributed by atoms with van der Waals surface area (Å²) in [5.74, 6) is 0.248. The Morgan fingerprint density at radius 3 is 2.52 bits per heavy atom. The second kappa shape index (κ2) is 10.9. The van der Waals surface area contributed by atoms with Crippen LogP contribution in [0.5, 0.6) is 5.75 Å². The zero-order valence-corrected chi connectivity index (χ0v) is 19.0. The number of carbonyl (C=O) groups excluding carboxylic acids is 2. The van der Waals surface area contributed by atoms with Crippen LogP contribution in [0.1, 0.15) is 34.3 Å². The molecule has 6 nitrogen and oxygen atoms in total. The first kappa shape index (κ1) is 22.7. The van der Waals surface area contributed by atoms with Gasteiger partial charge < -0.3 is 20.3 Å². The van der Waals surface area contributed by atoms with E-state index in [1.165, 1.54) is 0 Å². The predicted octanol–water partition coefficient (Wildman–Crippen LogP) is 5.48. The lowest BCUT2D eigenvalue weighted by molar-refractivity contribution is 0.0946. The molecule has 0 spiro atoms. The van der Waals surface area contributed by atoms with Crippen molar-refractivity contribution in [2.24, 2.45) is 0 Å². The van der Waals surface area contributed by atoms with Crippen LogP contribution >= 0.6 is 11.6 Å². The van der Waals surface area contributed by atoms with E-state index >= 15 is 0 Å². The molecule has 0 aliphatic carbocycles.